The van der Waals surface area contributed by atoms with E-state index in [2.05, 4.69) is 0 Å². The van der Waals surface area contributed by atoms with Gasteiger partial charge < -0.3 is 14.2 Å². The smallest absolute Gasteiger partial charge is 0.168 e. The quantitative estimate of drug-likeness (QED) is 0.478. The SMILES string of the molecule is CCOc1ccc2c(OC)c(OCCCCCCl)ccc2c1. The molecule has 0 saturated carbocycles. The van der Waals surface area contributed by atoms with Gasteiger partial charge in [0.05, 0.1) is 20.3 Å². The van der Waals surface area contributed by atoms with E-state index in [1.807, 2.05) is 37.3 Å². The van der Waals surface area contributed by atoms with Gasteiger partial charge in [0.2, 0.25) is 0 Å². The highest BCUT2D eigenvalue weighted by molar-refractivity contribution is 6.17. The standard InChI is InChI=1S/C18H23ClO3/c1-3-21-15-8-9-16-14(13-15)7-10-17(18(16)20-2)22-12-6-4-5-11-19/h7-10,13H,3-6,11-12H2,1-2H3. The maximum Gasteiger partial charge on any atom is 0.168 e. The molecule has 0 fully saturated rings. The third kappa shape index (κ3) is 4.20. The highest BCUT2D eigenvalue weighted by Gasteiger charge is 2.10. The molecule has 0 heterocycles. The second-order valence-electron chi connectivity index (χ2n) is 5.01. The van der Waals surface area contributed by atoms with Gasteiger partial charge in [-0.3, -0.25) is 0 Å². The van der Waals surface area contributed by atoms with Crippen LogP contribution in [-0.2, 0) is 0 Å². The van der Waals surface area contributed by atoms with Crippen LogP contribution in [0.4, 0.5) is 0 Å². The molecule has 4 heteroatoms. The molecule has 0 aliphatic carbocycles. The second-order valence-corrected chi connectivity index (χ2v) is 5.39. The van der Waals surface area contributed by atoms with Gasteiger partial charge in [-0.05, 0) is 55.8 Å². The first-order valence-corrected chi connectivity index (χ1v) is 8.26. The molecule has 0 spiro atoms. The number of unbranched alkanes of at least 4 members (excludes halogenated alkanes) is 2. The number of hydrogen-bond donors (Lipinski definition) is 0. The zero-order chi connectivity index (χ0) is 15.8. The lowest BCUT2D eigenvalue weighted by atomic mass is 10.1. The summed E-state index contributed by atoms with van der Waals surface area (Å²) >= 11 is 5.67. The summed E-state index contributed by atoms with van der Waals surface area (Å²) in [5.41, 5.74) is 0. The van der Waals surface area contributed by atoms with Crippen LogP contribution in [0, 0.1) is 0 Å². The molecule has 2 rings (SSSR count). The predicted octanol–water partition coefficient (Wildman–Crippen LogP) is 5.04. The summed E-state index contributed by atoms with van der Waals surface area (Å²) in [6.07, 6.45) is 3.11. The summed E-state index contributed by atoms with van der Waals surface area (Å²) in [6, 6.07) is 9.98. The fraction of sp³-hybridized carbons (Fsp3) is 0.444. The number of ether oxygens (including phenoxy) is 3. The monoisotopic (exact) mass is 322 g/mol. The Balaban J connectivity index is 2.15. The lowest BCUT2D eigenvalue weighted by Crippen LogP contribution is -2.00. The molecule has 0 aliphatic heterocycles. The summed E-state index contributed by atoms with van der Waals surface area (Å²) < 4.78 is 16.9. The summed E-state index contributed by atoms with van der Waals surface area (Å²) in [7, 11) is 1.67. The Labute approximate surface area is 137 Å². The highest BCUT2D eigenvalue weighted by Crippen LogP contribution is 2.37. The van der Waals surface area contributed by atoms with Gasteiger partial charge in [0.25, 0.3) is 0 Å². The van der Waals surface area contributed by atoms with E-state index in [0.717, 1.165) is 47.3 Å². The van der Waals surface area contributed by atoms with Crippen LogP contribution >= 0.6 is 11.6 Å². The van der Waals surface area contributed by atoms with E-state index in [9.17, 15) is 0 Å². The van der Waals surface area contributed by atoms with E-state index in [1.165, 1.54) is 0 Å². The largest absolute Gasteiger partial charge is 0.494 e. The number of hydrogen-bond acceptors (Lipinski definition) is 3. The summed E-state index contributed by atoms with van der Waals surface area (Å²) in [4.78, 5) is 0. The van der Waals surface area contributed by atoms with Gasteiger partial charge in [-0.15, -0.1) is 11.6 Å². The summed E-state index contributed by atoms with van der Waals surface area (Å²) in [6.45, 7) is 3.31. The van der Waals surface area contributed by atoms with Crippen molar-refractivity contribution in [1.82, 2.24) is 0 Å². The Morgan fingerprint density at radius 3 is 2.59 bits per heavy atom. The molecular formula is C18H23ClO3. The lowest BCUT2D eigenvalue weighted by molar-refractivity contribution is 0.287. The normalized spacial score (nSPS) is 10.7. The van der Waals surface area contributed by atoms with Crippen molar-refractivity contribution >= 4 is 22.4 Å². The van der Waals surface area contributed by atoms with Crippen LogP contribution in [0.15, 0.2) is 30.3 Å². The molecule has 0 radical (unpaired) electrons. The third-order valence-corrected chi connectivity index (χ3v) is 3.72. The van der Waals surface area contributed by atoms with Gasteiger partial charge in [0, 0.05) is 11.3 Å². The Hall–Kier alpha value is -1.61. The van der Waals surface area contributed by atoms with E-state index >= 15 is 0 Å². The Morgan fingerprint density at radius 1 is 1.00 bits per heavy atom. The van der Waals surface area contributed by atoms with Crippen LogP contribution in [0.2, 0.25) is 0 Å². The van der Waals surface area contributed by atoms with Crippen LogP contribution in [0.3, 0.4) is 0 Å². The minimum Gasteiger partial charge on any atom is -0.494 e. The van der Waals surface area contributed by atoms with Crippen LogP contribution in [0.5, 0.6) is 17.2 Å². The average molecular weight is 323 g/mol. The molecule has 0 unspecified atom stereocenters. The minimum atomic E-state index is 0.659. The van der Waals surface area contributed by atoms with E-state index in [1.54, 1.807) is 7.11 Å². The van der Waals surface area contributed by atoms with Crippen LogP contribution in [0.1, 0.15) is 26.2 Å². The van der Waals surface area contributed by atoms with Crippen LogP contribution in [-0.4, -0.2) is 26.2 Å². The fourth-order valence-corrected chi connectivity index (χ4v) is 2.58. The van der Waals surface area contributed by atoms with Crippen molar-refractivity contribution in [3.8, 4) is 17.2 Å². The number of alkyl halides is 1. The van der Waals surface area contributed by atoms with E-state index in [0.29, 0.717) is 19.1 Å². The van der Waals surface area contributed by atoms with Gasteiger partial charge in [0.1, 0.15) is 5.75 Å². The maximum absolute atomic E-state index is 5.86. The average Bonchev–Trinajstić information content (AvgIpc) is 2.54. The number of methoxy groups -OCH3 is 1. The molecule has 0 aromatic heterocycles. The van der Waals surface area contributed by atoms with Crippen molar-refractivity contribution < 1.29 is 14.2 Å². The molecular weight excluding hydrogens is 300 g/mol. The molecule has 0 amide bonds. The van der Waals surface area contributed by atoms with Crippen molar-refractivity contribution in [2.75, 3.05) is 26.2 Å². The fourth-order valence-electron chi connectivity index (χ4n) is 2.40. The first-order chi connectivity index (χ1) is 10.8. The molecule has 2 aromatic carbocycles. The lowest BCUT2D eigenvalue weighted by Gasteiger charge is -2.14. The van der Waals surface area contributed by atoms with Gasteiger partial charge in [0.15, 0.2) is 11.5 Å². The topological polar surface area (TPSA) is 27.7 Å². The Bertz CT molecular complexity index is 598. The van der Waals surface area contributed by atoms with Gasteiger partial charge in [-0.1, -0.05) is 6.07 Å². The first kappa shape index (κ1) is 16.8. The number of halogens is 1. The molecule has 0 aliphatic rings. The molecule has 0 saturated heterocycles. The Kier molecular flexibility index (Phi) is 6.66. The van der Waals surface area contributed by atoms with Crippen molar-refractivity contribution in [2.24, 2.45) is 0 Å². The zero-order valence-electron chi connectivity index (χ0n) is 13.2. The number of benzene rings is 2. The van der Waals surface area contributed by atoms with Crippen molar-refractivity contribution in [3.05, 3.63) is 30.3 Å². The van der Waals surface area contributed by atoms with Crippen LogP contribution < -0.4 is 14.2 Å². The van der Waals surface area contributed by atoms with Crippen LogP contribution in [0.25, 0.3) is 10.8 Å². The summed E-state index contributed by atoms with van der Waals surface area (Å²) in [5, 5.41) is 2.11. The highest BCUT2D eigenvalue weighted by atomic mass is 35.5. The maximum atomic E-state index is 5.86. The molecule has 2 aromatic rings. The molecule has 0 N–H and O–H groups in total. The predicted molar refractivity (Wildman–Crippen MR) is 91.7 cm³/mol. The molecule has 0 bridgehead atoms. The van der Waals surface area contributed by atoms with E-state index in [-0.39, 0.29) is 0 Å². The summed E-state index contributed by atoms with van der Waals surface area (Å²) in [5.74, 6) is 3.14. The molecule has 120 valence electrons. The number of rotatable bonds is 9. The molecule has 3 nitrogen and oxygen atoms in total. The van der Waals surface area contributed by atoms with Gasteiger partial charge >= 0.3 is 0 Å². The third-order valence-electron chi connectivity index (χ3n) is 3.46. The second kappa shape index (κ2) is 8.74. The van der Waals surface area contributed by atoms with Crippen molar-refractivity contribution in [1.29, 1.82) is 0 Å². The van der Waals surface area contributed by atoms with Crippen molar-refractivity contribution in [2.45, 2.75) is 26.2 Å². The van der Waals surface area contributed by atoms with E-state index in [4.69, 9.17) is 25.8 Å². The van der Waals surface area contributed by atoms with E-state index < -0.39 is 0 Å². The Morgan fingerprint density at radius 2 is 1.86 bits per heavy atom. The molecule has 0 atom stereocenters. The first-order valence-electron chi connectivity index (χ1n) is 7.72. The number of fused-ring (bicyclic) bond motifs is 1. The minimum absolute atomic E-state index is 0.659. The van der Waals surface area contributed by atoms with Gasteiger partial charge in [-0.2, -0.15) is 0 Å². The van der Waals surface area contributed by atoms with Gasteiger partial charge in [-0.25, -0.2) is 0 Å². The zero-order valence-corrected chi connectivity index (χ0v) is 14.0. The molecule has 22 heavy (non-hydrogen) atoms. The van der Waals surface area contributed by atoms with Crippen molar-refractivity contribution in [3.63, 3.8) is 0 Å².